The highest BCUT2D eigenvalue weighted by molar-refractivity contribution is 5.59. The maximum atomic E-state index is 13.5. The second kappa shape index (κ2) is 3.68. The Morgan fingerprint density at radius 2 is 1.67 bits per heavy atom. The molecule has 2 aromatic rings. The van der Waals surface area contributed by atoms with E-state index in [2.05, 4.69) is 20.4 Å². The fourth-order valence-corrected chi connectivity index (χ4v) is 1.29. The van der Waals surface area contributed by atoms with Crippen molar-refractivity contribution in [1.82, 2.24) is 20.4 Å². The van der Waals surface area contributed by atoms with Crippen LogP contribution in [0.5, 0.6) is 0 Å². The SMILES string of the molecule is Cc1nnc(-c2c(C)cccc2F)nn1. The number of hydrogen-bond donors (Lipinski definition) is 0. The maximum Gasteiger partial charge on any atom is 0.206 e. The highest BCUT2D eigenvalue weighted by atomic mass is 19.1. The minimum atomic E-state index is -0.359. The van der Waals surface area contributed by atoms with Gasteiger partial charge >= 0.3 is 0 Å². The van der Waals surface area contributed by atoms with E-state index < -0.39 is 0 Å². The first-order valence-electron chi connectivity index (χ1n) is 4.48. The van der Waals surface area contributed by atoms with Crippen LogP contribution < -0.4 is 0 Å². The first kappa shape index (κ1) is 9.64. The van der Waals surface area contributed by atoms with Gasteiger partial charge in [0, 0.05) is 0 Å². The van der Waals surface area contributed by atoms with E-state index in [-0.39, 0.29) is 11.6 Å². The Balaban J connectivity index is 2.58. The lowest BCUT2D eigenvalue weighted by atomic mass is 10.1. The van der Waals surface area contributed by atoms with Crippen LogP contribution in [0.3, 0.4) is 0 Å². The Morgan fingerprint density at radius 1 is 1.00 bits per heavy atom. The van der Waals surface area contributed by atoms with Crippen molar-refractivity contribution >= 4 is 0 Å². The highest BCUT2D eigenvalue weighted by Crippen LogP contribution is 2.21. The zero-order valence-corrected chi connectivity index (χ0v) is 8.40. The van der Waals surface area contributed by atoms with E-state index >= 15 is 0 Å². The summed E-state index contributed by atoms with van der Waals surface area (Å²) in [6, 6.07) is 4.80. The molecule has 0 saturated heterocycles. The number of benzene rings is 1. The molecule has 0 amide bonds. The number of nitrogens with zero attached hydrogens (tertiary/aromatic N) is 4. The van der Waals surface area contributed by atoms with E-state index in [1.54, 1.807) is 26.0 Å². The van der Waals surface area contributed by atoms with E-state index in [4.69, 9.17) is 0 Å². The molecular weight excluding hydrogens is 195 g/mol. The second-order valence-corrected chi connectivity index (χ2v) is 3.20. The molecule has 0 aliphatic rings. The number of rotatable bonds is 1. The lowest BCUT2D eigenvalue weighted by Gasteiger charge is -2.03. The third-order valence-corrected chi connectivity index (χ3v) is 2.02. The molecule has 15 heavy (non-hydrogen) atoms. The Labute approximate surface area is 86.2 Å². The topological polar surface area (TPSA) is 51.6 Å². The summed E-state index contributed by atoms with van der Waals surface area (Å²) in [6.07, 6.45) is 0. The summed E-state index contributed by atoms with van der Waals surface area (Å²) in [5.41, 5.74) is 1.12. The van der Waals surface area contributed by atoms with Gasteiger partial charge in [0.1, 0.15) is 5.82 Å². The Hall–Kier alpha value is -1.91. The molecule has 0 aliphatic heterocycles. The molecule has 1 heterocycles. The maximum absolute atomic E-state index is 13.5. The monoisotopic (exact) mass is 204 g/mol. The van der Waals surface area contributed by atoms with Crippen molar-refractivity contribution < 1.29 is 4.39 Å². The van der Waals surface area contributed by atoms with E-state index in [0.717, 1.165) is 5.56 Å². The van der Waals surface area contributed by atoms with Crippen LogP contribution in [0.25, 0.3) is 11.4 Å². The van der Waals surface area contributed by atoms with Crippen molar-refractivity contribution in [3.63, 3.8) is 0 Å². The minimum absolute atomic E-state index is 0.219. The molecule has 76 valence electrons. The Bertz CT molecular complexity index is 461. The zero-order valence-electron chi connectivity index (χ0n) is 8.40. The lowest BCUT2D eigenvalue weighted by molar-refractivity contribution is 0.627. The number of halogens is 1. The van der Waals surface area contributed by atoms with E-state index in [1.165, 1.54) is 6.07 Å². The molecule has 0 bridgehead atoms. The predicted molar refractivity (Wildman–Crippen MR) is 52.5 cm³/mol. The molecule has 5 heteroatoms. The van der Waals surface area contributed by atoms with Crippen molar-refractivity contribution in [2.45, 2.75) is 13.8 Å². The number of aromatic nitrogens is 4. The molecule has 0 radical (unpaired) electrons. The Morgan fingerprint density at radius 3 is 2.27 bits per heavy atom. The molecule has 4 nitrogen and oxygen atoms in total. The van der Waals surface area contributed by atoms with Crippen molar-refractivity contribution in [2.24, 2.45) is 0 Å². The van der Waals surface area contributed by atoms with Gasteiger partial charge in [-0.05, 0) is 25.5 Å². The quantitative estimate of drug-likeness (QED) is 0.709. The third kappa shape index (κ3) is 1.81. The highest BCUT2D eigenvalue weighted by Gasteiger charge is 2.11. The van der Waals surface area contributed by atoms with Gasteiger partial charge in [-0.1, -0.05) is 12.1 Å². The van der Waals surface area contributed by atoms with Crippen molar-refractivity contribution in [3.05, 3.63) is 35.4 Å². The molecule has 0 N–H and O–H groups in total. The van der Waals surface area contributed by atoms with Gasteiger partial charge in [0.25, 0.3) is 0 Å². The van der Waals surface area contributed by atoms with Gasteiger partial charge in [0.2, 0.25) is 5.82 Å². The van der Waals surface area contributed by atoms with Crippen LogP contribution in [0.4, 0.5) is 4.39 Å². The summed E-state index contributed by atoms with van der Waals surface area (Å²) in [4.78, 5) is 0. The molecule has 1 aromatic heterocycles. The first-order valence-corrected chi connectivity index (χ1v) is 4.48. The average Bonchev–Trinajstić information content (AvgIpc) is 2.20. The lowest BCUT2D eigenvalue weighted by Crippen LogP contribution is -2.01. The zero-order chi connectivity index (χ0) is 10.8. The van der Waals surface area contributed by atoms with Gasteiger partial charge in [-0.3, -0.25) is 0 Å². The third-order valence-electron chi connectivity index (χ3n) is 2.02. The smallest absolute Gasteiger partial charge is 0.206 e. The molecule has 0 spiro atoms. The van der Waals surface area contributed by atoms with Gasteiger partial charge in [-0.15, -0.1) is 20.4 Å². The van der Waals surface area contributed by atoms with Gasteiger partial charge in [0.15, 0.2) is 5.82 Å². The standard InChI is InChI=1S/C10H9FN4/c1-6-4-3-5-8(11)9(6)10-14-12-7(2)13-15-10/h3-5H,1-2H3. The van der Waals surface area contributed by atoms with E-state index in [1.807, 2.05) is 0 Å². The summed E-state index contributed by atoms with van der Waals surface area (Å²) < 4.78 is 13.5. The van der Waals surface area contributed by atoms with Crippen molar-refractivity contribution in [2.75, 3.05) is 0 Å². The first-order chi connectivity index (χ1) is 7.18. The molecule has 2 rings (SSSR count). The summed E-state index contributed by atoms with van der Waals surface area (Å²) in [6.45, 7) is 3.47. The van der Waals surface area contributed by atoms with Crippen LogP contribution in [-0.4, -0.2) is 20.4 Å². The minimum Gasteiger partial charge on any atom is -0.206 e. The fourth-order valence-electron chi connectivity index (χ4n) is 1.29. The van der Waals surface area contributed by atoms with Crippen LogP contribution in [0.1, 0.15) is 11.4 Å². The van der Waals surface area contributed by atoms with Gasteiger partial charge in [-0.25, -0.2) is 4.39 Å². The summed E-state index contributed by atoms with van der Waals surface area (Å²) in [7, 11) is 0. The predicted octanol–water partition coefficient (Wildman–Crippen LogP) is 1.69. The molecule has 0 saturated carbocycles. The summed E-state index contributed by atoms with van der Waals surface area (Å²) >= 11 is 0. The molecular formula is C10H9FN4. The van der Waals surface area contributed by atoms with Crippen LogP contribution in [0.2, 0.25) is 0 Å². The number of aryl methyl sites for hydroxylation is 2. The van der Waals surface area contributed by atoms with Gasteiger partial charge in [0.05, 0.1) is 5.56 Å². The van der Waals surface area contributed by atoms with Crippen LogP contribution in [-0.2, 0) is 0 Å². The summed E-state index contributed by atoms with van der Waals surface area (Å²) in [5, 5.41) is 15.1. The molecule has 0 aliphatic carbocycles. The Kier molecular flexibility index (Phi) is 2.37. The molecule has 0 atom stereocenters. The molecule has 0 fully saturated rings. The normalized spacial score (nSPS) is 10.3. The van der Waals surface area contributed by atoms with Crippen LogP contribution >= 0.6 is 0 Å². The van der Waals surface area contributed by atoms with Gasteiger partial charge < -0.3 is 0 Å². The largest absolute Gasteiger partial charge is 0.206 e. The average molecular weight is 204 g/mol. The van der Waals surface area contributed by atoms with Crippen molar-refractivity contribution in [3.8, 4) is 11.4 Å². The molecule has 1 aromatic carbocycles. The van der Waals surface area contributed by atoms with E-state index in [9.17, 15) is 4.39 Å². The van der Waals surface area contributed by atoms with E-state index in [0.29, 0.717) is 11.4 Å². The van der Waals surface area contributed by atoms with Crippen LogP contribution in [0, 0.1) is 19.7 Å². The number of hydrogen-bond acceptors (Lipinski definition) is 4. The molecule has 0 unspecified atom stereocenters. The summed E-state index contributed by atoms with van der Waals surface area (Å²) in [5.74, 6) is 0.325. The fraction of sp³-hybridized carbons (Fsp3) is 0.200. The van der Waals surface area contributed by atoms with Crippen LogP contribution in [0.15, 0.2) is 18.2 Å². The van der Waals surface area contributed by atoms with Gasteiger partial charge in [-0.2, -0.15) is 0 Å². The van der Waals surface area contributed by atoms with Crippen molar-refractivity contribution in [1.29, 1.82) is 0 Å². The second-order valence-electron chi connectivity index (χ2n) is 3.20.